The van der Waals surface area contributed by atoms with Crippen molar-refractivity contribution in [3.63, 3.8) is 0 Å². The molecule has 2 N–H and O–H groups in total. The quantitative estimate of drug-likeness (QED) is 0.898. The van der Waals surface area contributed by atoms with E-state index in [9.17, 15) is 4.39 Å². The highest BCUT2D eigenvalue weighted by molar-refractivity contribution is 5.30. The molecule has 3 heteroatoms. The number of benzene rings is 2. The van der Waals surface area contributed by atoms with Gasteiger partial charge in [0.25, 0.3) is 0 Å². The van der Waals surface area contributed by atoms with Gasteiger partial charge in [-0.3, -0.25) is 0 Å². The van der Waals surface area contributed by atoms with Gasteiger partial charge in [-0.1, -0.05) is 30.3 Å². The average Bonchev–Trinajstić information content (AvgIpc) is 2.40. The summed E-state index contributed by atoms with van der Waals surface area (Å²) in [6.07, 6.45) is 0. The van der Waals surface area contributed by atoms with E-state index in [1.54, 1.807) is 12.1 Å². The van der Waals surface area contributed by atoms with Crippen LogP contribution < -0.4 is 10.5 Å². The Labute approximate surface area is 106 Å². The van der Waals surface area contributed by atoms with E-state index in [2.05, 4.69) is 0 Å². The van der Waals surface area contributed by atoms with E-state index in [1.807, 2.05) is 31.2 Å². The Morgan fingerprint density at radius 2 is 1.89 bits per heavy atom. The van der Waals surface area contributed by atoms with Gasteiger partial charge in [-0.25, -0.2) is 4.39 Å². The van der Waals surface area contributed by atoms with Crippen LogP contribution >= 0.6 is 0 Å². The van der Waals surface area contributed by atoms with Gasteiger partial charge < -0.3 is 10.5 Å². The largest absolute Gasteiger partial charge is 0.486 e. The molecule has 2 rings (SSSR count). The molecule has 2 nitrogen and oxygen atoms in total. The summed E-state index contributed by atoms with van der Waals surface area (Å²) >= 11 is 0. The number of hydrogen-bond acceptors (Lipinski definition) is 2. The average molecular weight is 245 g/mol. The summed E-state index contributed by atoms with van der Waals surface area (Å²) in [7, 11) is 0. The first-order valence-corrected chi connectivity index (χ1v) is 5.86. The van der Waals surface area contributed by atoms with E-state index < -0.39 is 0 Å². The van der Waals surface area contributed by atoms with Crippen molar-refractivity contribution in [2.75, 3.05) is 0 Å². The topological polar surface area (TPSA) is 35.2 Å². The molecule has 0 aromatic heterocycles. The number of hydrogen-bond donors (Lipinski definition) is 1. The van der Waals surface area contributed by atoms with Gasteiger partial charge in [-0.2, -0.15) is 0 Å². The molecule has 2 aromatic rings. The van der Waals surface area contributed by atoms with Gasteiger partial charge in [0, 0.05) is 6.54 Å². The second-order valence-electron chi connectivity index (χ2n) is 4.25. The zero-order chi connectivity index (χ0) is 13.0. The fraction of sp³-hybridized carbons (Fsp3) is 0.200. The van der Waals surface area contributed by atoms with Crippen LogP contribution in [0.25, 0.3) is 0 Å². The van der Waals surface area contributed by atoms with Gasteiger partial charge in [0.2, 0.25) is 0 Å². The maximum absolute atomic E-state index is 13.5. The summed E-state index contributed by atoms with van der Waals surface area (Å²) in [5.41, 5.74) is 8.57. The van der Waals surface area contributed by atoms with Crippen LogP contribution in [-0.2, 0) is 13.2 Å². The monoisotopic (exact) mass is 245 g/mol. The van der Waals surface area contributed by atoms with Crippen LogP contribution in [-0.4, -0.2) is 0 Å². The van der Waals surface area contributed by atoms with Crippen molar-refractivity contribution in [2.24, 2.45) is 5.73 Å². The highest BCUT2D eigenvalue weighted by Crippen LogP contribution is 2.19. The summed E-state index contributed by atoms with van der Waals surface area (Å²) in [5, 5.41) is 0. The fourth-order valence-corrected chi connectivity index (χ4v) is 1.73. The van der Waals surface area contributed by atoms with Crippen LogP contribution in [0.15, 0.2) is 42.5 Å². The molecule has 2 aromatic carbocycles. The number of halogens is 1. The lowest BCUT2D eigenvalue weighted by molar-refractivity contribution is 0.290. The molecule has 0 spiro atoms. The Bertz CT molecular complexity index is 540. The van der Waals surface area contributed by atoms with E-state index in [4.69, 9.17) is 10.5 Å². The lowest BCUT2D eigenvalue weighted by atomic mass is 10.1. The Morgan fingerprint density at radius 1 is 1.11 bits per heavy atom. The lowest BCUT2D eigenvalue weighted by Gasteiger charge is -2.09. The summed E-state index contributed by atoms with van der Waals surface area (Å²) in [5.74, 6) is -0.0521. The van der Waals surface area contributed by atoms with E-state index in [0.717, 1.165) is 16.7 Å². The second kappa shape index (κ2) is 5.65. The van der Waals surface area contributed by atoms with Crippen molar-refractivity contribution >= 4 is 0 Å². The van der Waals surface area contributed by atoms with Gasteiger partial charge in [0.05, 0.1) is 0 Å². The third-order valence-corrected chi connectivity index (χ3v) is 2.71. The van der Waals surface area contributed by atoms with Crippen molar-refractivity contribution in [2.45, 2.75) is 20.1 Å². The Morgan fingerprint density at radius 3 is 2.67 bits per heavy atom. The SMILES string of the molecule is Cc1ccc(F)c(OCc2cccc(CN)c2)c1. The van der Waals surface area contributed by atoms with Gasteiger partial charge in [0.15, 0.2) is 11.6 Å². The molecule has 0 aliphatic rings. The molecule has 0 atom stereocenters. The molecule has 0 amide bonds. The minimum absolute atomic E-state index is 0.285. The number of aryl methyl sites for hydroxylation is 1. The molecule has 0 unspecified atom stereocenters. The van der Waals surface area contributed by atoms with Gasteiger partial charge >= 0.3 is 0 Å². The van der Waals surface area contributed by atoms with E-state index in [-0.39, 0.29) is 11.6 Å². The molecule has 94 valence electrons. The highest BCUT2D eigenvalue weighted by Gasteiger charge is 2.04. The summed E-state index contributed by atoms with van der Waals surface area (Å²) < 4.78 is 19.0. The van der Waals surface area contributed by atoms with Crippen molar-refractivity contribution < 1.29 is 9.13 Å². The van der Waals surface area contributed by atoms with Crippen molar-refractivity contribution in [3.05, 3.63) is 65.0 Å². The van der Waals surface area contributed by atoms with Crippen molar-refractivity contribution in [3.8, 4) is 5.75 Å². The smallest absolute Gasteiger partial charge is 0.165 e. The summed E-state index contributed by atoms with van der Waals surface area (Å²) in [6.45, 7) is 2.74. The van der Waals surface area contributed by atoms with Crippen LogP contribution in [0.4, 0.5) is 4.39 Å². The van der Waals surface area contributed by atoms with Crippen LogP contribution in [0.1, 0.15) is 16.7 Å². The first kappa shape index (κ1) is 12.6. The third kappa shape index (κ3) is 3.08. The molecular formula is C15H16FNO. The van der Waals surface area contributed by atoms with Crippen LogP contribution in [0, 0.1) is 12.7 Å². The van der Waals surface area contributed by atoms with E-state index in [0.29, 0.717) is 13.2 Å². The number of rotatable bonds is 4. The normalized spacial score (nSPS) is 10.4. The zero-order valence-electron chi connectivity index (χ0n) is 10.3. The standard InChI is InChI=1S/C15H16FNO/c1-11-5-6-14(16)15(7-11)18-10-13-4-2-3-12(8-13)9-17/h2-8H,9-10,17H2,1H3. The number of ether oxygens (including phenoxy) is 1. The molecule has 0 heterocycles. The first-order valence-electron chi connectivity index (χ1n) is 5.86. The lowest BCUT2D eigenvalue weighted by Crippen LogP contribution is -2.01. The van der Waals surface area contributed by atoms with Gasteiger partial charge in [-0.15, -0.1) is 0 Å². The predicted molar refractivity (Wildman–Crippen MR) is 69.8 cm³/mol. The van der Waals surface area contributed by atoms with Crippen LogP contribution in [0.2, 0.25) is 0 Å². The summed E-state index contributed by atoms with van der Waals surface area (Å²) in [4.78, 5) is 0. The Hall–Kier alpha value is -1.87. The van der Waals surface area contributed by atoms with E-state index in [1.165, 1.54) is 6.07 Å². The zero-order valence-corrected chi connectivity index (χ0v) is 10.3. The molecule has 0 fully saturated rings. The van der Waals surface area contributed by atoms with Gasteiger partial charge in [0.1, 0.15) is 6.61 Å². The number of nitrogens with two attached hydrogens (primary N) is 1. The third-order valence-electron chi connectivity index (χ3n) is 2.71. The second-order valence-corrected chi connectivity index (χ2v) is 4.25. The van der Waals surface area contributed by atoms with Crippen molar-refractivity contribution in [1.82, 2.24) is 0 Å². The molecule has 0 aliphatic carbocycles. The Balaban J connectivity index is 2.08. The molecule has 0 saturated heterocycles. The maximum Gasteiger partial charge on any atom is 0.165 e. The first-order chi connectivity index (χ1) is 8.69. The summed E-state index contributed by atoms with van der Waals surface area (Å²) in [6, 6.07) is 12.6. The van der Waals surface area contributed by atoms with Crippen LogP contribution in [0.5, 0.6) is 5.75 Å². The highest BCUT2D eigenvalue weighted by atomic mass is 19.1. The predicted octanol–water partition coefficient (Wildman–Crippen LogP) is 3.17. The van der Waals surface area contributed by atoms with E-state index >= 15 is 0 Å². The minimum Gasteiger partial charge on any atom is -0.486 e. The molecule has 0 aliphatic heterocycles. The molecular weight excluding hydrogens is 229 g/mol. The maximum atomic E-state index is 13.5. The molecule has 18 heavy (non-hydrogen) atoms. The minimum atomic E-state index is -0.337. The molecule has 0 saturated carbocycles. The molecule has 0 radical (unpaired) electrons. The van der Waals surface area contributed by atoms with Gasteiger partial charge in [-0.05, 0) is 35.7 Å². The molecule has 0 bridgehead atoms. The Kier molecular flexibility index (Phi) is 3.95. The van der Waals surface area contributed by atoms with Crippen LogP contribution in [0.3, 0.4) is 0 Å². The fourth-order valence-electron chi connectivity index (χ4n) is 1.73. The van der Waals surface area contributed by atoms with Crippen molar-refractivity contribution in [1.29, 1.82) is 0 Å².